The van der Waals surface area contributed by atoms with E-state index >= 15 is 0 Å². The number of nitrogens with one attached hydrogen (secondary N) is 1. The van der Waals surface area contributed by atoms with Gasteiger partial charge in [0.2, 0.25) is 5.91 Å². The molecule has 1 N–H and O–H groups in total. The zero-order chi connectivity index (χ0) is 13.8. The lowest BCUT2D eigenvalue weighted by Gasteiger charge is -2.06. The number of benzene rings is 1. The molecule has 0 bridgehead atoms. The summed E-state index contributed by atoms with van der Waals surface area (Å²) in [5.74, 6) is 0.246. The lowest BCUT2D eigenvalue weighted by Crippen LogP contribution is -2.14. The number of anilines is 1. The van der Waals surface area contributed by atoms with E-state index in [9.17, 15) is 4.79 Å². The number of hydrogen-bond donors (Lipinski definition) is 1. The SMILES string of the molecule is Cc1nnc(SCC(=O)Nc2ccc(Cl)c(C)c2)s1. The molecule has 19 heavy (non-hydrogen) atoms. The van der Waals surface area contributed by atoms with Crippen molar-refractivity contribution in [3.05, 3.63) is 33.8 Å². The highest BCUT2D eigenvalue weighted by atomic mass is 35.5. The minimum absolute atomic E-state index is 0.0698. The van der Waals surface area contributed by atoms with Crippen LogP contribution in [0.1, 0.15) is 10.6 Å². The van der Waals surface area contributed by atoms with Gasteiger partial charge in [0.15, 0.2) is 4.34 Å². The van der Waals surface area contributed by atoms with Gasteiger partial charge in [-0.3, -0.25) is 4.79 Å². The van der Waals surface area contributed by atoms with Gasteiger partial charge in [0.25, 0.3) is 0 Å². The summed E-state index contributed by atoms with van der Waals surface area (Å²) < 4.78 is 0.805. The van der Waals surface area contributed by atoms with Crippen LogP contribution in [-0.2, 0) is 4.79 Å². The van der Waals surface area contributed by atoms with E-state index in [2.05, 4.69) is 15.5 Å². The van der Waals surface area contributed by atoms with Crippen LogP contribution in [0, 0.1) is 13.8 Å². The lowest BCUT2D eigenvalue weighted by atomic mass is 10.2. The molecule has 0 fully saturated rings. The largest absolute Gasteiger partial charge is 0.325 e. The third-order valence-corrected chi connectivity index (χ3v) is 4.67. The van der Waals surface area contributed by atoms with Gasteiger partial charge in [0.05, 0.1) is 5.75 Å². The number of halogens is 1. The van der Waals surface area contributed by atoms with Crippen LogP contribution in [0.3, 0.4) is 0 Å². The van der Waals surface area contributed by atoms with Gasteiger partial charge in [-0.1, -0.05) is 34.7 Å². The van der Waals surface area contributed by atoms with Crippen LogP contribution >= 0.6 is 34.7 Å². The number of rotatable bonds is 4. The van der Waals surface area contributed by atoms with Crippen LogP contribution in [0.5, 0.6) is 0 Å². The fraction of sp³-hybridized carbons (Fsp3) is 0.250. The minimum Gasteiger partial charge on any atom is -0.325 e. The van der Waals surface area contributed by atoms with Gasteiger partial charge in [-0.15, -0.1) is 10.2 Å². The van der Waals surface area contributed by atoms with Crippen LogP contribution in [0.4, 0.5) is 5.69 Å². The highest BCUT2D eigenvalue weighted by Crippen LogP contribution is 2.23. The molecule has 0 saturated carbocycles. The first-order valence-corrected chi connectivity index (χ1v) is 7.71. The van der Waals surface area contributed by atoms with Crippen LogP contribution in [-0.4, -0.2) is 21.9 Å². The van der Waals surface area contributed by atoms with Crippen LogP contribution in [0.15, 0.2) is 22.5 Å². The van der Waals surface area contributed by atoms with E-state index in [4.69, 9.17) is 11.6 Å². The molecule has 0 aliphatic heterocycles. The maximum absolute atomic E-state index is 11.8. The third kappa shape index (κ3) is 4.19. The first-order valence-electron chi connectivity index (χ1n) is 5.53. The van der Waals surface area contributed by atoms with Gasteiger partial charge in [-0.05, 0) is 37.6 Å². The Labute approximate surface area is 124 Å². The van der Waals surface area contributed by atoms with Crippen LogP contribution in [0.25, 0.3) is 0 Å². The number of amides is 1. The zero-order valence-electron chi connectivity index (χ0n) is 10.4. The van der Waals surface area contributed by atoms with Crippen molar-refractivity contribution in [2.75, 3.05) is 11.1 Å². The molecule has 1 aromatic heterocycles. The molecule has 0 atom stereocenters. The summed E-state index contributed by atoms with van der Waals surface area (Å²) >= 11 is 8.80. The number of hydrogen-bond acceptors (Lipinski definition) is 5. The summed E-state index contributed by atoms with van der Waals surface area (Å²) in [4.78, 5) is 11.8. The van der Waals surface area contributed by atoms with Gasteiger partial charge in [0.1, 0.15) is 5.01 Å². The number of carbonyl (C=O) groups excluding carboxylic acids is 1. The highest BCUT2D eigenvalue weighted by Gasteiger charge is 2.07. The van der Waals surface area contributed by atoms with Crippen molar-refractivity contribution in [2.24, 2.45) is 0 Å². The second kappa shape index (κ2) is 6.36. The van der Waals surface area contributed by atoms with E-state index in [-0.39, 0.29) is 5.91 Å². The fourth-order valence-corrected chi connectivity index (χ4v) is 3.12. The average Bonchev–Trinajstić information content (AvgIpc) is 2.77. The smallest absolute Gasteiger partial charge is 0.234 e. The molecule has 0 unspecified atom stereocenters. The van der Waals surface area contributed by atoms with Crippen LogP contribution in [0.2, 0.25) is 5.02 Å². The summed E-state index contributed by atoms with van der Waals surface area (Å²) in [5, 5.41) is 12.3. The summed E-state index contributed by atoms with van der Waals surface area (Å²) in [7, 11) is 0. The van der Waals surface area contributed by atoms with Crippen LogP contribution < -0.4 is 5.32 Å². The van der Waals surface area contributed by atoms with Crippen molar-refractivity contribution in [3.63, 3.8) is 0 Å². The summed E-state index contributed by atoms with van der Waals surface area (Å²) in [6, 6.07) is 5.40. The summed E-state index contributed by atoms with van der Waals surface area (Å²) in [6.45, 7) is 3.79. The molecule has 0 spiro atoms. The predicted octanol–water partition coefficient (Wildman–Crippen LogP) is 3.54. The van der Waals surface area contributed by atoms with E-state index in [1.165, 1.54) is 23.1 Å². The number of aryl methyl sites for hydroxylation is 2. The van der Waals surface area contributed by atoms with Crippen molar-refractivity contribution < 1.29 is 4.79 Å². The van der Waals surface area contributed by atoms with Gasteiger partial charge in [-0.25, -0.2) is 0 Å². The zero-order valence-corrected chi connectivity index (χ0v) is 12.8. The monoisotopic (exact) mass is 313 g/mol. The van der Waals surface area contributed by atoms with Crippen molar-refractivity contribution >= 4 is 46.3 Å². The van der Waals surface area contributed by atoms with Gasteiger partial charge >= 0.3 is 0 Å². The van der Waals surface area contributed by atoms with E-state index in [0.29, 0.717) is 10.8 Å². The Morgan fingerprint density at radius 3 is 2.84 bits per heavy atom. The van der Waals surface area contributed by atoms with Crippen molar-refractivity contribution in [3.8, 4) is 0 Å². The first kappa shape index (κ1) is 14.3. The van der Waals surface area contributed by atoms with E-state index in [1.807, 2.05) is 19.9 Å². The molecule has 1 heterocycles. The molecule has 0 aliphatic carbocycles. The van der Waals surface area contributed by atoms with Crippen molar-refractivity contribution in [1.82, 2.24) is 10.2 Å². The Morgan fingerprint density at radius 1 is 1.42 bits per heavy atom. The predicted molar refractivity (Wildman–Crippen MR) is 80.2 cm³/mol. The summed E-state index contributed by atoms with van der Waals surface area (Å²) in [5.41, 5.74) is 1.69. The van der Waals surface area contributed by atoms with E-state index in [1.54, 1.807) is 12.1 Å². The molecule has 0 radical (unpaired) electrons. The Kier molecular flexibility index (Phi) is 4.79. The number of carbonyl (C=O) groups is 1. The highest BCUT2D eigenvalue weighted by molar-refractivity contribution is 8.01. The van der Waals surface area contributed by atoms with E-state index < -0.39 is 0 Å². The standard InChI is InChI=1S/C12H12ClN3OS2/c1-7-5-9(3-4-10(7)13)14-11(17)6-18-12-16-15-8(2)19-12/h3-5H,6H2,1-2H3,(H,14,17). The molecule has 1 amide bonds. The Balaban J connectivity index is 1.88. The maximum atomic E-state index is 11.8. The van der Waals surface area contributed by atoms with Gasteiger partial charge in [-0.2, -0.15) is 0 Å². The summed E-state index contributed by atoms with van der Waals surface area (Å²) in [6.07, 6.45) is 0. The van der Waals surface area contributed by atoms with Crippen molar-refractivity contribution in [1.29, 1.82) is 0 Å². The van der Waals surface area contributed by atoms with Gasteiger partial charge < -0.3 is 5.32 Å². The van der Waals surface area contributed by atoms with Crippen molar-refractivity contribution in [2.45, 2.75) is 18.2 Å². The Hall–Kier alpha value is -1.11. The topological polar surface area (TPSA) is 54.9 Å². The molecule has 1 aromatic carbocycles. The Bertz CT molecular complexity index is 600. The third-order valence-electron chi connectivity index (χ3n) is 2.28. The molecule has 0 aliphatic rings. The number of thioether (sulfide) groups is 1. The molecule has 0 saturated heterocycles. The molecular formula is C12H12ClN3OS2. The molecular weight excluding hydrogens is 302 g/mol. The average molecular weight is 314 g/mol. The quantitative estimate of drug-likeness (QED) is 0.877. The molecule has 2 aromatic rings. The van der Waals surface area contributed by atoms with E-state index in [0.717, 1.165) is 20.6 Å². The first-order chi connectivity index (χ1) is 9.04. The minimum atomic E-state index is -0.0698. The second-order valence-corrected chi connectivity index (χ2v) is 6.70. The number of nitrogens with zero attached hydrogens (tertiary/aromatic N) is 2. The molecule has 2 rings (SSSR count). The lowest BCUT2D eigenvalue weighted by molar-refractivity contribution is -0.113. The fourth-order valence-electron chi connectivity index (χ4n) is 1.38. The normalized spacial score (nSPS) is 10.5. The molecule has 100 valence electrons. The number of aromatic nitrogens is 2. The van der Waals surface area contributed by atoms with Gasteiger partial charge in [0, 0.05) is 10.7 Å². The Morgan fingerprint density at radius 2 is 2.21 bits per heavy atom. The maximum Gasteiger partial charge on any atom is 0.234 e. The molecule has 4 nitrogen and oxygen atoms in total. The second-order valence-electron chi connectivity index (χ2n) is 3.89. The molecule has 7 heteroatoms.